The highest BCUT2D eigenvalue weighted by molar-refractivity contribution is 5.87. The van der Waals surface area contributed by atoms with Gasteiger partial charge in [-0.3, -0.25) is 9.13 Å². The van der Waals surface area contributed by atoms with Crippen LogP contribution in [0.25, 0.3) is 90.4 Å². The van der Waals surface area contributed by atoms with Crippen LogP contribution >= 0.6 is 0 Å². The number of hydrogen-bond donors (Lipinski definition) is 0. The molecule has 0 aliphatic carbocycles. The van der Waals surface area contributed by atoms with Gasteiger partial charge in [0.25, 0.3) is 0 Å². The minimum Gasteiger partial charge on any atom is -0.292 e. The molecule has 0 radical (unpaired) electrons. The molecule has 0 atom stereocenters. The van der Waals surface area contributed by atoms with E-state index in [0.29, 0.717) is 61.9 Å². The number of imidazole rings is 2. The molecule has 0 saturated carbocycles. The Morgan fingerprint density at radius 2 is 0.724 bits per heavy atom. The Kier molecular flexibility index (Phi) is 8.40. The van der Waals surface area contributed by atoms with Crippen LogP contribution in [0.2, 0.25) is 0 Å². The normalized spacial score (nSPS) is 11.4. The lowest BCUT2D eigenvalue weighted by Crippen LogP contribution is -2.05. The zero-order valence-electron chi connectivity index (χ0n) is 30.2. The molecule has 0 saturated heterocycles. The van der Waals surface area contributed by atoms with Crippen molar-refractivity contribution in [1.29, 1.82) is 0 Å². The molecular weight excluding hydrogens is 739 g/mol. The summed E-state index contributed by atoms with van der Waals surface area (Å²) in [5.74, 6) is 0.0827. The summed E-state index contributed by atoms with van der Waals surface area (Å²) in [5, 5.41) is 0. The number of rotatable bonds is 7. The second-order valence-corrected chi connectivity index (χ2v) is 13.6. The standard InChI is InChI=1S/C47H27F4N7/c48-33-19-15-28(16-20-33)43-54-44(29-17-21-34(49)22-18-29)56-45(55-43)32-25-37(57-41-13-3-1-11-39(41)52-46(57)30-7-5-9-35(50)23-30)27-38(26-32)58-42-14-4-2-12-40(42)53-47(58)31-8-6-10-36(51)24-31/h1-27H. The maximum absolute atomic E-state index is 14.8. The van der Waals surface area contributed by atoms with E-state index in [1.165, 1.54) is 48.5 Å². The van der Waals surface area contributed by atoms with Crippen molar-refractivity contribution in [2.75, 3.05) is 0 Å². The number of benzene rings is 7. The van der Waals surface area contributed by atoms with E-state index in [-0.39, 0.29) is 17.5 Å². The third kappa shape index (κ3) is 6.34. The number of fused-ring (bicyclic) bond motifs is 2. The van der Waals surface area contributed by atoms with Crippen molar-refractivity contribution < 1.29 is 17.6 Å². The number of nitrogens with zero attached hydrogens (tertiary/aromatic N) is 7. The monoisotopic (exact) mass is 765 g/mol. The molecule has 11 heteroatoms. The lowest BCUT2D eigenvalue weighted by atomic mass is 10.1. The van der Waals surface area contributed by atoms with Gasteiger partial charge >= 0.3 is 0 Å². The minimum atomic E-state index is -0.419. The number of hydrogen-bond acceptors (Lipinski definition) is 5. The summed E-state index contributed by atoms with van der Waals surface area (Å²) < 4.78 is 61.8. The van der Waals surface area contributed by atoms with E-state index in [4.69, 9.17) is 24.9 Å². The number of halogens is 4. The number of aromatic nitrogens is 7. The number of para-hydroxylation sites is 4. The van der Waals surface area contributed by atoms with E-state index in [2.05, 4.69) is 0 Å². The molecule has 10 aromatic rings. The van der Waals surface area contributed by atoms with Crippen molar-refractivity contribution in [2.45, 2.75) is 0 Å². The van der Waals surface area contributed by atoms with Crippen LogP contribution < -0.4 is 0 Å². The Morgan fingerprint density at radius 3 is 1.16 bits per heavy atom. The first-order valence-corrected chi connectivity index (χ1v) is 18.3. The quantitative estimate of drug-likeness (QED) is 0.151. The molecule has 0 aliphatic rings. The van der Waals surface area contributed by atoms with Gasteiger partial charge in [0.2, 0.25) is 0 Å². The van der Waals surface area contributed by atoms with Crippen molar-refractivity contribution in [1.82, 2.24) is 34.1 Å². The Hall–Kier alpha value is -7.79. The molecule has 278 valence electrons. The van der Waals surface area contributed by atoms with Gasteiger partial charge < -0.3 is 0 Å². The highest BCUT2D eigenvalue weighted by atomic mass is 19.1. The van der Waals surface area contributed by atoms with Crippen molar-refractivity contribution in [3.63, 3.8) is 0 Å². The first kappa shape index (κ1) is 34.7. The van der Waals surface area contributed by atoms with Crippen molar-refractivity contribution in [3.05, 3.63) is 187 Å². The molecule has 58 heavy (non-hydrogen) atoms. The SMILES string of the molecule is Fc1ccc(-c2nc(-c3ccc(F)cc3)nc(-c3cc(-n4c(-c5cccc(F)c5)nc5ccccc54)cc(-n4c(-c5cccc(F)c5)nc5ccccc54)c3)n2)cc1. The van der Waals surface area contributed by atoms with Crippen LogP contribution in [0.4, 0.5) is 17.6 Å². The second-order valence-electron chi connectivity index (χ2n) is 13.6. The van der Waals surface area contributed by atoms with Crippen LogP contribution in [0, 0.1) is 23.3 Å². The van der Waals surface area contributed by atoms with E-state index < -0.39 is 23.3 Å². The Bertz CT molecular complexity index is 2970. The van der Waals surface area contributed by atoms with Crippen molar-refractivity contribution >= 4 is 22.1 Å². The second kappa shape index (κ2) is 14.1. The highest BCUT2D eigenvalue weighted by Crippen LogP contribution is 2.36. The van der Waals surface area contributed by atoms with Crippen LogP contribution in [0.5, 0.6) is 0 Å². The molecule has 7 aromatic carbocycles. The molecule has 0 aliphatic heterocycles. The van der Waals surface area contributed by atoms with Crippen molar-refractivity contribution in [2.24, 2.45) is 0 Å². The van der Waals surface area contributed by atoms with Crippen LogP contribution in [0.15, 0.2) is 164 Å². The third-order valence-electron chi connectivity index (χ3n) is 9.80. The first-order valence-electron chi connectivity index (χ1n) is 18.3. The summed E-state index contributed by atoms with van der Waals surface area (Å²) in [6.07, 6.45) is 0. The molecule has 0 amide bonds. The van der Waals surface area contributed by atoms with Gasteiger partial charge in [0, 0.05) is 27.8 Å². The topological polar surface area (TPSA) is 74.3 Å². The molecule has 0 bridgehead atoms. The Morgan fingerprint density at radius 1 is 0.310 bits per heavy atom. The lowest BCUT2D eigenvalue weighted by molar-refractivity contribution is 0.627. The minimum absolute atomic E-state index is 0.255. The van der Waals surface area contributed by atoms with E-state index in [0.717, 1.165) is 11.0 Å². The van der Waals surface area contributed by atoms with Gasteiger partial charge in [-0.15, -0.1) is 0 Å². The van der Waals surface area contributed by atoms with Gasteiger partial charge in [0.1, 0.15) is 34.9 Å². The summed E-state index contributed by atoms with van der Waals surface area (Å²) in [6, 6.07) is 45.1. The molecule has 3 heterocycles. The average molecular weight is 766 g/mol. The molecule has 0 N–H and O–H groups in total. The lowest BCUT2D eigenvalue weighted by Gasteiger charge is -2.17. The molecule has 7 nitrogen and oxygen atoms in total. The summed E-state index contributed by atoms with van der Waals surface area (Å²) in [7, 11) is 0. The van der Waals surface area contributed by atoms with Crippen LogP contribution in [0.3, 0.4) is 0 Å². The zero-order chi connectivity index (χ0) is 39.3. The van der Waals surface area contributed by atoms with Gasteiger partial charge in [-0.05, 0) is 115 Å². The summed E-state index contributed by atoms with van der Waals surface area (Å²) >= 11 is 0. The highest BCUT2D eigenvalue weighted by Gasteiger charge is 2.22. The van der Waals surface area contributed by atoms with Gasteiger partial charge in [-0.2, -0.15) is 0 Å². The molecule has 10 rings (SSSR count). The summed E-state index contributed by atoms with van der Waals surface area (Å²) in [6.45, 7) is 0. The van der Waals surface area contributed by atoms with E-state index >= 15 is 0 Å². The van der Waals surface area contributed by atoms with E-state index in [1.807, 2.05) is 75.9 Å². The smallest absolute Gasteiger partial charge is 0.164 e. The fourth-order valence-corrected chi connectivity index (χ4v) is 7.16. The van der Waals surface area contributed by atoms with Crippen molar-refractivity contribution in [3.8, 4) is 68.3 Å². The molecule has 0 unspecified atom stereocenters. The maximum Gasteiger partial charge on any atom is 0.164 e. The predicted octanol–water partition coefficient (Wildman–Crippen LogP) is 11.4. The Labute approximate surface area is 328 Å². The fraction of sp³-hybridized carbons (Fsp3) is 0. The summed E-state index contributed by atoms with van der Waals surface area (Å²) in [4.78, 5) is 24.6. The van der Waals surface area contributed by atoms with E-state index in [1.54, 1.807) is 48.5 Å². The molecule has 0 spiro atoms. The maximum atomic E-state index is 14.8. The van der Waals surface area contributed by atoms with Crippen LogP contribution in [-0.4, -0.2) is 34.1 Å². The third-order valence-corrected chi connectivity index (χ3v) is 9.80. The van der Waals surface area contributed by atoms with Gasteiger partial charge in [0.05, 0.1) is 33.4 Å². The van der Waals surface area contributed by atoms with E-state index in [9.17, 15) is 17.6 Å². The largest absolute Gasteiger partial charge is 0.292 e. The first-order chi connectivity index (χ1) is 28.3. The average Bonchev–Trinajstić information content (AvgIpc) is 3.84. The molecule has 0 fully saturated rings. The summed E-state index contributed by atoms with van der Waals surface area (Å²) in [5.41, 5.74) is 6.81. The molecule has 3 aromatic heterocycles. The zero-order valence-corrected chi connectivity index (χ0v) is 30.2. The predicted molar refractivity (Wildman–Crippen MR) is 216 cm³/mol. The fourth-order valence-electron chi connectivity index (χ4n) is 7.16. The van der Waals surface area contributed by atoms with Gasteiger partial charge in [-0.1, -0.05) is 48.5 Å². The molecular formula is C47H27F4N7. The van der Waals surface area contributed by atoms with Gasteiger partial charge in [-0.25, -0.2) is 42.5 Å². The van der Waals surface area contributed by atoms with Crippen LogP contribution in [-0.2, 0) is 0 Å². The van der Waals surface area contributed by atoms with Gasteiger partial charge in [0.15, 0.2) is 17.5 Å². The van der Waals surface area contributed by atoms with Crippen LogP contribution in [0.1, 0.15) is 0 Å². The Balaban J connectivity index is 1.30.